The lowest BCUT2D eigenvalue weighted by atomic mass is 10.0. The van der Waals surface area contributed by atoms with E-state index in [9.17, 15) is 0 Å². The zero-order valence-corrected chi connectivity index (χ0v) is 12.6. The minimum Gasteiger partial charge on any atom is -0.381 e. The molecule has 0 spiro atoms. The van der Waals surface area contributed by atoms with Crippen molar-refractivity contribution in [3.05, 3.63) is 16.5 Å². The fraction of sp³-hybridized carbons (Fsp3) is 0.714. The fourth-order valence-electron chi connectivity index (χ4n) is 2.13. The summed E-state index contributed by atoms with van der Waals surface area (Å²) in [7, 11) is 0. The Bertz CT molecular complexity index is 431. The summed E-state index contributed by atoms with van der Waals surface area (Å²) in [5, 5.41) is 3.98. The monoisotopic (exact) mass is 283 g/mol. The molecule has 0 bridgehead atoms. The molecule has 0 aromatic carbocycles. The first-order valence-corrected chi connectivity index (χ1v) is 7.31. The number of rotatable bonds is 4. The molecule has 0 saturated carbocycles. The zero-order chi connectivity index (χ0) is 13.8. The second-order valence-electron chi connectivity index (χ2n) is 5.44. The van der Waals surface area contributed by atoms with Crippen LogP contribution in [0.25, 0.3) is 0 Å². The van der Waals surface area contributed by atoms with Gasteiger partial charge in [0, 0.05) is 31.2 Å². The Balaban J connectivity index is 2.05. The molecule has 0 unspecified atom stereocenters. The predicted molar refractivity (Wildman–Crippen MR) is 77.9 cm³/mol. The van der Waals surface area contributed by atoms with Gasteiger partial charge in [-0.1, -0.05) is 25.4 Å². The Morgan fingerprint density at radius 1 is 1.32 bits per heavy atom. The Morgan fingerprint density at radius 3 is 2.63 bits per heavy atom. The number of hydrogen-bond donors (Lipinski definition) is 1. The number of anilines is 1. The summed E-state index contributed by atoms with van der Waals surface area (Å²) < 4.78 is 5.37. The summed E-state index contributed by atoms with van der Waals surface area (Å²) in [5.74, 6) is 2.60. The molecule has 2 heterocycles. The van der Waals surface area contributed by atoms with Crippen molar-refractivity contribution in [1.82, 2.24) is 9.97 Å². The lowest BCUT2D eigenvalue weighted by Crippen LogP contribution is -2.23. The molecule has 1 aliphatic rings. The number of ether oxygens (including phenoxy) is 1. The third kappa shape index (κ3) is 3.80. The molecule has 0 aliphatic carbocycles. The predicted octanol–water partition coefficient (Wildman–Crippen LogP) is 3.40. The van der Waals surface area contributed by atoms with E-state index in [1.807, 2.05) is 6.92 Å². The Hall–Kier alpha value is -0.870. The van der Waals surface area contributed by atoms with E-state index in [1.165, 1.54) is 0 Å². The molecular formula is C14H22ClN3O. The average Bonchev–Trinajstić information content (AvgIpc) is 2.41. The van der Waals surface area contributed by atoms with Crippen LogP contribution in [0.15, 0.2) is 0 Å². The second-order valence-corrected chi connectivity index (χ2v) is 5.80. The number of nitrogens with one attached hydrogen (secondary N) is 1. The molecule has 0 atom stereocenters. The van der Waals surface area contributed by atoms with Crippen LogP contribution in [0, 0.1) is 12.8 Å². The number of aromatic nitrogens is 2. The lowest BCUT2D eigenvalue weighted by molar-refractivity contribution is 0.0699. The van der Waals surface area contributed by atoms with Gasteiger partial charge < -0.3 is 10.1 Å². The Kier molecular flexibility index (Phi) is 4.99. The van der Waals surface area contributed by atoms with Crippen LogP contribution in [-0.2, 0) is 4.74 Å². The summed E-state index contributed by atoms with van der Waals surface area (Å²) in [6.45, 7) is 8.76. The van der Waals surface area contributed by atoms with Crippen LogP contribution in [0.3, 0.4) is 0 Å². The third-order valence-electron chi connectivity index (χ3n) is 3.52. The van der Waals surface area contributed by atoms with Crippen molar-refractivity contribution < 1.29 is 4.74 Å². The Labute approximate surface area is 119 Å². The van der Waals surface area contributed by atoms with E-state index in [0.717, 1.165) is 49.8 Å². The van der Waals surface area contributed by atoms with Gasteiger partial charge in [-0.15, -0.1) is 0 Å². The number of halogens is 1. The first kappa shape index (κ1) is 14.5. The van der Waals surface area contributed by atoms with Crippen molar-refractivity contribution in [2.75, 3.05) is 25.1 Å². The molecule has 1 aromatic heterocycles. The maximum absolute atomic E-state index is 6.17. The van der Waals surface area contributed by atoms with Gasteiger partial charge in [0.1, 0.15) is 16.8 Å². The average molecular weight is 284 g/mol. The first-order valence-electron chi connectivity index (χ1n) is 6.93. The molecule has 19 heavy (non-hydrogen) atoms. The molecule has 106 valence electrons. The van der Waals surface area contributed by atoms with Crippen molar-refractivity contribution in [2.24, 2.45) is 5.92 Å². The van der Waals surface area contributed by atoms with E-state index in [1.54, 1.807) is 0 Å². The molecule has 1 fully saturated rings. The lowest BCUT2D eigenvalue weighted by Gasteiger charge is -2.23. The molecule has 0 radical (unpaired) electrons. The quantitative estimate of drug-likeness (QED) is 0.861. The summed E-state index contributed by atoms with van der Waals surface area (Å²) in [4.78, 5) is 8.90. The van der Waals surface area contributed by atoms with Gasteiger partial charge in [-0.3, -0.25) is 0 Å². The maximum Gasteiger partial charge on any atom is 0.137 e. The highest BCUT2D eigenvalue weighted by atomic mass is 35.5. The standard InChI is InChI=1S/C14H22ClN3O/c1-9(2)13-17-12(15)10(3)14(18-13)16-8-11-4-6-19-7-5-11/h9,11H,4-8H2,1-3H3,(H,16,17,18). The van der Waals surface area contributed by atoms with Crippen molar-refractivity contribution in [3.8, 4) is 0 Å². The van der Waals surface area contributed by atoms with Crippen LogP contribution in [0.1, 0.15) is 44.0 Å². The molecule has 0 amide bonds. The van der Waals surface area contributed by atoms with Gasteiger partial charge in [0.2, 0.25) is 0 Å². The highest BCUT2D eigenvalue weighted by Gasteiger charge is 2.16. The van der Waals surface area contributed by atoms with Crippen molar-refractivity contribution in [1.29, 1.82) is 0 Å². The van der Waals surface area contributed by atoms with E-state index in [0.29, 0.717) is 11.1 Å². The molecule has 1 aliphatic heterocycles. The molecule has 4 nitrogen and oxygen atoms in total. The normalized spacial score (nSPS) is 16.9. The summed E-state index contributed by atoms with van der Waals surface area (Å²) >= 11 is 6.17. The van der Waals surface area contributed by atoms with E-state index < -0.39 is 0 Å². The topological polar surface area (TPSA) is 47.0 Å². The van der Waals surface area contributed by atoms with E-state index in [2.05, 4.69) is 29.1 Å². The van der Waals surface area contributed by atoms with Gasteiger partial charge in [0.05, 0.1) is 0 Å². The minimum atomic E-state index is 0.279. The zero-order valence-electron chi connectivity index (χ0n) is 11.9. The van der Waals surface area contributed by atoms with Crippen molar-refractivity contribution in [2.45, 2.75) is 39.5 Å². The highest BCUT2D eigenvalue weighted by molar-refractivity contribution is 6.30. The van der Waals surface area contributed by atoms with Gasteiger partial charge in [-0.2, -0.15) is 0 Å². The molecular weight excluding hydrogens is 262 g/mol. The van der Waals surface area contributed by atoms with Gasteiger partial charge in [0.25, 0.3) is 0 Å². The molecule has 1 saturated heterocycles. The van der Waals surface area contributed by atoms with Crippen LogP contribution >= 0.6 is 11.6 Å². The van der Waals surface area contributed by atoms with Crippen LogP contribution in [-0.4, -0.2) is 29.7 Å². The number of hydrogen-bond acceptors (Lipinski definition) is 4. The van der Waals surface area contributed by atoms with Gasteiger partial charge in [-0.05, 0) is 25.7 Å². The molecule has 1 aromatic rings. The summed E-state index contributed by atoms with van der Waals surface area (Å²) in [5.41, 5.74) is 0.929. The van der Waals surface area contributed by atoms with Crippen LogP contribution < -0.4 is 5.32 Å². The summed E-state index contributed by atoms with van der Waals surface area (Å²) in [6, 6.07) is 0. The van der Waals surface area contributed by atoms with Crippen LogP contribution in [0.5, 0.6) is 0 Å². The number of nitrogens with zero attached hydrogens (tertiary/aromatic N) is 2. The van der Waals surface area contributed by atoms with E-state index >= 15 is 0 Å². The maximum atomic E-state index is 6.17. The molecule has 2 rings (SSSR count). The van der Waals surface area contributed by atoms with Crippen LogP contribution in [0.2, 0.25) is 5.15 Å². The van der Waals surface area contributed by atoms with Crippen LogP contribution in [0.4, 0.5) is 5.82 Å². The SMILES string of the molecule is Cc1c(Cl)nc(C(C)C)nc1NCC1CCOCC1. The summed E-state index contributed by atoms with van der Waals surface area (Å²) in [6.07, 6.45) is 2.23. The third-order valence-corrected chi connectivity index (χ3v) is 3.89. The van der Waals surface area contributed by atoms with E-state index in [-0.39, 0.29) is 5.92 Å². The van der Waals surface area contributed by atoms with Crippen molar-refractivity contribution in [3.63, 3.8) is 0 Å². The van der Waals surface area contributed by atoms with Gasteiger partial charge >= 0.3 is 0 Å². The first-order chi connectivity index (χ1) is 9.08. The second kappa shape index (κ2) is 6.53. The van der Waals surface area contributed by atoms with Gasteiger partial charge in [0.15, 0.2) is 0 Å². The Morgan fingerprint density at radius 2 is 2.00 bits per heavy atom. The smallest absolute Gasteiger partial charge is 0.137 e. The van der Waals surface area contributed by atoms with Gasteiger partial charge in [-0.25, -0.2) is 9.97 Å². The molecule has 5 heteroatoms. The van der Waals surface area contributed by atoms with Crippen molar-refractivity contribution >= 4 is 17.4 Å². The highest BCUT2D eigenvalue weighted by Crippen LogP contribution is 2.24. The largest absolute Gasteiger partial charge is 0.381 e. The molecule has 1 N–H and O–H groups in total. The van der Waals surface area contributed by atoms with E-state index in [4.69, 9.17) is 16.3 Å². The fourth-order valence-corrected chi connectivity index (χ4v) is 2.30. The minimum absolute atomic E-state index is 0.279.